The Morgan fingerprint density at radius 1 is 0.579 bits per heavy atom. The second-order valence-electron chi connectivity index (χ2n) is 10.1. The lowest BCUT2D eigenvalue weighted by Crippen LogP contribution is -2.29. The summed E-state index contributed by atoms with van der Waals surface area (Å²) in [5.74, 6) is 0. The van der Waals surface area contributed by atoms with Crippen molar-refractivity contribution in [3.63, 3.8) is 0 Å². The van der Waals surface area contributed by atoms with Gasteiger partial charge >= 0.3 is 0 Å². The molecule has 1 aliphatic heterocycles. The smallest absolute Gasteiger partial charge is 0.197 e. The molecule has 38 heavy (non-hydrogen) atoms. The molecule has 3 heterocycles. The molecule has 3 nitrogen and oxygen atoms in total. The molecule has 180 valence electrons. The summed E-state index contributed by atoms with van der Waals surface area (Å²) in [6, 6.07) is 36.5. The molecule has 1 unspecified atom stereocenters. The fourth-order valence-electron chi connectivity index (χ4n) is 6.43. The molecule has 0 fully saturated rings. The van der Waals surface area contributed by atoms with Crippen LogP contribution in [0, 0.1) is 0 Å². The highest BCUT2D eigenvalue weighted by Crippen LogP contribution is 2.54. The third-order valence-corrected chi connectivity index (χ3v) is 9.46. The molecule has 0 saturated heterocycles. The van der Waals surface area contributed by atoms with E-state index >= 15 is 0 Å². The Bertz CT molecular complexity index is 2200. The topological polar surface area (TPSA) is 38.5 Å². The van der Waals surface area contributed by atoms with Crippen LogP contribution >= 0.6 is 11.8 Å². The fourth-order valence-corrected chi connectivity index (χ4v) is 7.86. The molecule has 2 aromatic heterocycles. The van der Waals surface area contributed by atoms with E-state index in [-0.39, 0.29) is 10.9 Å². The van der Waals surface area contributed by atoms with Crippen LogP contribution in [0.3, 0.4) is 0 Å². The van der Waals surface area contributed by atoms with E-state index in [1.165, 1.54) is 16.0 Å². The van der Waals surface area contributed by atoms with Gasteiger partial charge < -0.3 is 4.40 Å². The van der Waals surface area contributed by atoms with Crippen LogP contribution < -0.4 is 10.9 Å². The molecule has 5 aromatic carbocycles. The van der Waals surface area contributed by atoms with Gasteiger partial charge in [0, 0.05) is 36.8 Å². The largest absolute Gasteiger partial charge is 0.306 e. The van der Waals surface area contributed by atoms with Gasteiger partial charge in [-0.1, -0.05) is 84.6 Å². The quantitative estimate of drug-likeness (QED) is 0.172. The summed E-state index contributed by atoms with van der Waals surface area (Å²) in [6.07, 6.45) is 0. The molecule has 0 spiro atoms. The molecular weight excluding hydrogens is 486 g/mol. The molecule has 1 aliphatic rings. The van der Waals surface area contributed by atoms with Crippen molar-refractivity contribution in [2.45, 2.75) is 22.1 Å². The second-order valence-corrected chi connectivity index (χ2v) is 11.2. The molecule has 7 aromatic rings. The van der Waals surface area contributed by atoms with Gasteiger partial charge in [-0.2, -0.15) is 0 Å². The van der Waals surface area contributed by atoms with Gasteiger partial charge in [0.25, 0.3) is 0 Å². The normalized spacial score (nSPS) is 16.8. The molecule has 0 radical (unpaired) electrons. The van der Waals surface area contributed by atoms with Crippen LogP contribution in [-0.4, -0.2) is 4.40 Å². The highest BCUT2D eigenvalue weighted by molar-refractivity contribution is 7.99. The lowest BCUT2D eigenvalue weighted by atomic mass is 9.70. The minimum atomic E-state index is -0.415. The molecular formula is C34H21NO2S. The first kappa shape index (κ1) is 21.7. The first-order chi connectivity index (χ1) is 18.6. The average Bonchev–Trinajstić information content (AvgIpc) is 2.97. The minimum Gasteiger partial charge on any atom is -0.306 e. The number of nitrogens with zero attached hydrogens (tertiary/aromatic N) is 1. The first-order valence-electron chi connectivity index (χ1n) is 12.7. The highest BCUT2D eigenvalue weighted by Gasteiger charge is 2.40. The molecule has 0 aliphatic carbocycles. The summed E-state index contributed by atoms with van der Waals surface area (Å²) in [7, 11) is 0. The van der Waals surface area contributed by atoms with Crippen molar-refractivity contribution in [2.24, 2.45) is 0 Å². The summed E-state index contributed by atoms with van der Waals surface area (Å²) in [4.78, 5) is 29.8. The SMILES string of the molecule is CC1(c2ccccc2)c2ccccc2Sc2c1ccc1c(=O)c3cccc4c(=O)c5ccccc5n(c21)c43. The van der Waals surface area contributed by atoms with Gasteiger partial charge in [0.2, 0.25) is 0 Å². The van der Waals surface area contributed by atoms with Crippen LogP contribution in [0.2, 0.25) is 0 Å². The zero-order chi connectivity index (χ0) is 25.6. The standard InChI is InChI=1S/C34H21NO2S/c1-34(20-10-3-2-4-11-20)25-15-6-8-17-28(25)38-33-26(34)19-18-24-30(33)35-27-16-7-5-12-21(27)31(36)22-13-9-14-23(29(22)35)32(24)37/h2-19H,1H3. The molecule has 4 heteroatoms. The van der Waals surface area contributed by atoms with E-state index in [0.29, 0.717) is 27.1 Å². The average molecular weight is 508 g/mol. The molecule has 1 atom stereocenters. The molecule has 0 bridgehead atoms. The number of aromatic nitrogens is 1. The van der Waals surface area contributed by atoms with Gasteiger partial charge in [0.1, 0.15) is 0 Å². The van der Waals surface area contributed by atoms with Crippen molar-refractivity contribution in [2.75, 3.05) is 0 Å². The van der Waals surface area contributed by atoms with Gasteiger partial charge in [-0.05, 0) is 60.0 Å². The van der Waals surface area contributed by atoms with Gasteiger partial charge in [-0.3, -0.25) is 9.59 Å². The maximum absolute atomic E-state index is 14.0. The monoisotopic (exact) mass is 507 g/mol. The van der Waals surface area contributed by atoms with E-state index in [0.717, 1.165) is 21.5 Å². The Balaban J connectivity index is 1.66. The van der Waals surface area contributed by atoms with Gasteiger partial charge in [-0.15, -0.1) is 0 Å². The summed E-state index contributed by atoms with van der Waals surface area (Å²) < 4.78 is 2.17. The molecule has 0 saturated carbocycles. The molecule has 0 amide bonds. The lowest BCUT2D eigenvalue weighted by molar-refractivity contribution is 0.657. The van der Waals surface area contributed by atoms with E-state index in [2.05, 4.69) is 65.9 Å². The third kappa shape index (κ3) is 2.60. The zero-order valence-electron chi connectivity index (χ0n) is 20.6. The highest BCUT2D eigenvalue weighted by atomic mass is 32.2. The van der Waals surface area contributed by atoms with Crippen LogP contribution in [-0.2, 0) is 5.41 Å². The summed E-state index contributed by atoms with van der Waals surface area (Å²) >= 11 is 1.72. The van der Waals surface area contributed by atoms with Gasteiger partial charge in [0.15, 0.2) is 10.9 Å². The van der Waals surface area contributed by atoms with Crippen molar-refractivity contribution >= 4 is 49.9 Å². The number of rotatable bonds is 1. The third-order valence-electron chi connectivity index (χ3n) is 8.27. The minimum absolute atomic E-state index is 0.0380. The van der Waals surface area contributed by atoms with E-state index in [9.17, 15) is 9.59 Å². The fraction of sp³-hybridized carbons (Fsp3) is 0.0588. The zero-order valence-corrected chi connectivity index (χ0v) is 21.4. The number of hydrogen-bond donors (Lipinski definition) is 0. The van der Waals surface area contributed by atoms with Gasteiger partial charge in [0.05, 0.1) is 16.6 Å². The number of para-hydroxylation sites is 2. The van der Waals surface area contributed by atoms with Crippen molar-refractivity contribution in [3.05, 3.63) is 146 Å². The van der Waals surface area contributed by atoms with E-state index in [4.69, 9.17) is 0 Å². The first-order valence-corrected chi connectivity index (χ1v) is 13.5. The van der Waals surface area contributed by atoms with E-state index in [1.807, 2.05) is 54.6 Å². The Hall–Kier alpha value is -4.41. The Labute approximate surface area is 222 Å². The Morgan fingerprint density at radius 3 is 2.03 bits per heavy atom. The number of hydrogen-bond acceptors (Lipinski definition) is 3. The maximum atomic E-state index is 14.0. The Morgan fingerprint density at radius 2 is 1.21 bits per heavy atom. The van der Waals surface area contributed by atoms with Crippen molar-refractivity contribution < 1.29 is 0 Å². The maximum Gasteiger partial charge on any atom is 0.197 e. The van der Waals surface area contributed by atoms with E-state index in [1.54, 1.807) is 11.8 Å². The number of fused-ring (bicyclic) bond motifs is 7. The van der Waals surface area contributed by atoms with Crippen LogP contribution in [0.5, 0.6) is 0 Å². The summed E-state index contributed by atoms with van der Waals surface area (Å²) in [6.45, 7) is 2.28. The lowest BCUT2D eigenvalue weighted by Gasteiger charge is -2.39. The molecule has 0 N–H and O–H groups in total. The summed E-state index contributed by atoms with van der Waals surface area (Å²) in [5.41, 5.74) is 5.51. The Kier molecular flexibility index (Phi) is 4.31. The van der Waals surface area contributed by atoms with Crippen molar-refractivity contribution in [1.29, 1.82) is 0 Å². The predicted molar refractivity (Wildman–Crippen MR) is 156 cm³/mol. The van der Waals surface area contributed by atoms with E-state index < -0.39 is 5.41 Å². The summed E-state index contributed by atoms with van der Waals surface area (Å²) in [5, 5.41) is 2.47. The van der Waals surface area contributed by atoms with Crippen molar-refractivity contribution in [3.8, 4) is 0 Å². The van der Waals surface area contributed by atoms with Crippen LogP contribution in [0.25, 0.3) is 38.1 Å². The van der Waals surface area contributed by atoms with Crippen molar-refractivity contribution in [1.82, 2.24) is 4.40 Å². The number of benzene rings is 5. The van der Waals surface area contributed by atoms with Gasteiger partial charge in [-0.25, -0.2) is 0 Å². The van der Waals surface area contributed by atoms with Crippen LogP contribution in [0.1, 0.15) is 23.6 Å². The molecule has 8 rings (SSSR count). The second kappa shape index (κ2) is 7.56. The van der Waals surface area contributed by atoms with Crippen LogP contribution in [0.4, 0.5) is 0 Å². The predicted octanol–water partition coefficient (Wildman–Crippen LogP) is 7.38. The number of pyridine rings is 2. The van der Waals surface area contributed by atoms with Crippen LogP contribution in [0.15, 0.2) is 129 Å².